The number of amides is 1. The number of piperidine rings is 1. The molecule has 1 amide bonds. The molecule has 6 N–H and O–H groups in total. The Balaban J connectivity index is 1.84. The number of benzene rings is 1. The molecule has 3 aromatic rings. The Morgan fingerprint density at radius 2 is 2.03 bits per heavy atom. The van der Waals surface area contributed by atoms with Crippen LogP contribution in [0.3, 0.4) is 0 Å². The van der Waals surface area contributed by atoms with Crippen LogP contribution in [0.4, 0.5) is 19.5 Å². The van der Waals surface area contributed by atoms with Crippen molar-refractivity contribution in [3.05, 3.63) is 47.9 Å². The second-order valence-electron chi connectivity index (χ2n) is 7.12. The van der Waals surface area contributed by atoms with E-state index in [0.717, 1.165) is 42.5 Å². The molecule has 4 rings (SSSR count). The molecular weight excluding hydrogens is 410 g/mol. The monoisotopic (exact) mass is 430 g/mol. The van der Waals surface area contributed by atoms with Gasteiger partial charge in [-0.05, 0) is 31.0 Å². The normalized spacial score (nSPS) is 16.6. The first-order chi connectivity index (χ1) is 14.4. The first-order valence-corrected chi connectivity index (χ1v) is 10.2. The number of primary amides is 1. The zero-order valence-electron chi connectivity index (χ0n) is 15.9. The highest BCUT2D eigenvalue weighted by molar-refractivity contribution is 7.19. The highest BCUT2D eigenvalue weighted by Gasteiger charge is 2.25. The number of pyridine rings is 1. The first-order valence-electron chi connectivity index (χ1n) is 9.36. The number of nitrogens with zero attached hydrogens (tertiary/aromatic N) is 3. The zero-order valence-corrected chi connectivity index (χ0v) is 16.8. The van der Waals surface area contributed by atoms with Gasteiger partial charge in [-0.15, -0.1) is 0 Å². The molecule has 2 aromatic heterocycles. The fourth-order valence-corrected chi connectivity index (χ4v) is 4.55. The largest absolute Gasteiger partial charge is 0.389 e. The van der Waals surface area contributed by atoms with E-state index in [1.54, 1.807) is 18.5 Å². The van der Waals surface area contributed by atoms with Crippen LogP contribution in [0.5, 0.6) is 0 Å². The van der Waals surface area contributed by atoms with E-state index in [1.807, 2.05) is 0 Å². The number of thiazole rings is 1. The van der Waals surface area contributed by atoms with E-state index in [1.165, 1.54) is 6.07 Å². The van der Waals surface area contributed by atoms with E-state index in [-0.39, 0.29) is 32.9 Å². The van der Waals surface area contributed by atoms with Gasteiger partial charge in [0.05, 0.1) is 5.56 Å². The highest BCUT2D eigenvalue weighted by atomic mass is 32.1. The average Bonchev–Trinajstić information content (AvgIpc) is 3.10. The third-order valence-electron chi connectivity index (χ3n) is 5.08. The minimum absolute atomic E-state index is 0.00562. The van der Waals surface area contributed by atoms with Gasteiger partial charge in [-0.1, -0.05) is 11.3 Å². The molecular formula is C20H20F2N6OS. The van der Waals surface area contributed by atoms with Gasteiger partial charge in [-0.2, -0.15) is 0 Å². The molecule has 1 aliphatic rings. The van der Waals surface area contributed by atoms with E-state index >= 15 is 4.39 Å². The number of carbonyl (C=O) groups excluding carboxylic acids is 1. The number of nitrogens with two attached hydrogens (primary N) is 3. The van der Waals surface area contributed by atoms with Crippen LogP contribution in [-0.4, -0.2) is 35.0 Å². The molecule has 7 nitrogen and oxygen atoms in total. The van der Waals surface area contributed by atoms with Crippen molar-refractivity contribution < 1.29 is 13.6 Å². The van der Waals surface area contributed by atoms with Crippen LogP contribution in [0.1, 0.15) is 23.3 Å². The fourth-order valence-electron chi connectivity index (χ4n) is 3.67. The second kappa shape index (κ2) is 7.96. The molecule has 1 aliphatic heterocycles. The van der Waals surface area contributed by atoms with Gasteiger partial charge in [0.15, 0.2) is 5.69 Å². The number of hydrogen-bond donors (Lipinski definition) is 3. The standard InChI is InChI=1S/C20H20F2N6OS/c21-13-4-3-11(16(22)15(13)20-27-17(18(24)29)19(25)30-20)12-8-26-6-5-14(12)28-7-1-2-10(23)9-28/h3-6,8,10H,1-2,7,9,23,25H2,(H2,24,29)/t10-/m0/s1. The lowest BCUT2D eigenvalue weighted by atomic mass is 9.99. The summed E-state index contributed by atoms with van der Waals surface area (Å²) in [6.07, 6.45) is 5.02. The van der Waals surface area contributed by atoms with Crippen LogP contribution in [0.25, 0.3) is 21.7 Å². The average molecular weight is 430 g/mol. The molecule has 3 heterocycles. The van der Waals surface area contributed by atoms with E-state index in [9.17, 15) is 9.18 Å². The van der Waals surface area contributed by atoms with E-state index in [2.05, 4.69) is 14.9 Å². The summed E-state index contributed by atoms with van der Waals surface area (Å²) in [5, 5.41) is -0.0466. The summed E-state index contributed by atoms with van der Waals surface area (Å²) in [6, 6.07) is 4.35. The van der Waals surface area contributed by atoms with Crippen LogP contribution in [0.2, 0.25) is 0 Å². The van der Waals surface area contributed by atoms with Crippen molar-refractivity contribution in [1.82, 2.24) is 9.97 Å². The van der Waals surface area contributed by atoms with Crippen LogP contribution in [-0.2, 0) is 0 Å². The summed E-state index contributed by atoms with van der Waals surface area (Å²) in [6.45, 7) is 1.42. The summed E-state index contributed by atoms with van der Waals surface area (Å²) in [5.74, 6) is -2.48. The van der Waals surface area contributed by atoms with Crippen molar-refractivity contribution in [2.45, 2.75) is 18.9 Å². The van der Waals surface area contributed by atoms with Crippen molar-refractivity contribution >= 4 is 27.9 Å². The Kier molecular flexibility index (Phi) is 5.35. The smallest absolute Gasteiger partial charge is 0.270 e. The molecule has 1 aromatic carbocycles. The van der Waals surface area contributed by atoms with Gasteiger partial charge in [0.1, 0.15) is 21.6 Å². The summed E-state index contributed by atoms with van der Waals surface area (Å²) in [4.78, 5) is 21.6. The highest BCUT2D eigenvalue weighted by Crippen LogP contribution is 2.39. The van der Waals surface area contributed by atoms with Crippen molar-refractivity contribution in [2.75, 3.05) is 23.7 Å². The first kappa shape index (κ1) is 20.2. The Bertz CT molecular complexity index is 1120. The Hall–Kier alpha value is -3.11. The molecule has 1 fully saturated rings. The second-order valence-corrected chi connectivity index (χ2v) is 8.15. The van der Waals surface area contributed by atoms with Crippen molar-refractivity contribution in [2.24, 2.45) is 11.5 Å². The molecule has 10 heteroatoms. The van der Waals surface area contributed by atoms with Crippen molar-refractivity contribution in [3.8, 4) is 21.7 Å². The third-order valence-corrected chi connectivity index (χ3v) is 5.98. The van der Waals surface area contributed by atoms with Gasteiger partial charge in [0.2, 0.25) is 0 Å². The number of aromatic nitrogens is 2. The molecule has 0 spiro atoms. The predicted octanol–water partition coefficient (Wildman–Crippen LogP) is 2.76. The maximum Gasteiger partial charge on any atom is 0.270 e. The number of nitrogen functional groups attached to an aromatic ring is 1. The molecule has 30 heavy (non-hydrogen) atoms. The van der Waals surface area contributed by atoms with Gasteiger partial charge in [-0.3, -0.25) is 9.78 Å². The summed E-state index contributed by atoms with van der Waals surface area (Å²) >= 11 is 0.804. The number of carbonyl (C=O) groups is 1. The predicted molar refractivity (Wildman–Crippen MR) is 113 cm³/mol. The van der Waals surface area contributed by atoms with Gasteiger partial charge < -0.3 is 22.1 Å². The Labute approximate surface area is 175 Å². The lowest BCUT2D eigenvalue weighted by molar-refractivity contribution is 0.0997. The summed E-state index contributed by atoms with van der Waals surface area (Å²) in [7, 11) is 0. The minimum Gasteiger partial charge on any atom is -0.389 e. The van der Waals surface area contributed by atoms with E-state index in [0.29, 0.717) is 12.1 Å². The molecule has 0 radical (unpaired) electrons. The third kappa shape index (κ3) is 3.59. The maximum atomic E-state index is 15.6. The molecule has 156 valence electrons. The lowest BCUT2D eigenvalue weighted by Crippen LogP contribution is -2.43. The van der Waals surface area contributed by atoms with Gasteiger partial charge in [-0.25, -0.2) is 13.8 Å². The number of anilines is 2. The van der Waals surface area contributed by atoms with E-state index < -0.39 is 17.5 Å². The van der Waals surface area contributed by atoms with Gasteiger partial charge >= 0.3 is 0 Å². The SMILES string of the molecule is NC(=O)c1nc(-c2c(F)ccc(-c3cnccc3N3CCC[C@H](N)C3)c2F)sc1N. The Morgan fingerprint density at radius 1 is 1.23 bits per heavy atom. The minimum atomic E-state index is -0.858. The van der Waals surface area contributed by atoms with Crippen molar-refractivity contribution in [1.29, 1.82) is 0 Å². The number of halogens is 2. The van der Waals surface area contributed by atoms with E-state index in [4.69, 9.17) is 17.2 Å². The van der Waals surface area contributed by atoms with Crippen LogP contribution in [0.15, 0.2) is 30.6 Å². The quantitative estimate of drug-likeness (QED) is 0.585. The summed E-state index contributed by atoms with van der Waals surface area (Å²) in [5.41, 5.74) is 18.0. The molecule has 1 atom stereocenters. The fraction of sp³-hybridized carbons (Fsp3) is 0.250. The topological polar surface area (TPSA) is 124 Å². The zero-order chi connectivity index (χ0) is 21.4. The van der Waals surface area contributed by atoms with Crippen molar-refractivity contribution in [3.63, 3.8) is 0 Å². The Morgan fingerprint density at radius 3 is 2.73 bits per heavy atom. The molecule has 1 saturated heterocycles. The van der Waals surface area contributed by atoms with Crippen LogP contribution in [0, 0.1) is 11.6 Å². The number of hydrogen-bond acceptors (Lipinski definition) is 7. The molecule has 0 aliphatic carbocycles. The molecule has 0 unspecified atom stereocenters. The molecule has 0 saturated carbocycles. The summed E-state index contributed by atoms with van der Waals surface area (Å²) < 4.78 is 30.2. The van der Waals surface area contributed by atoms with Crippen LogP contribution >= 0.6 is 11.3 Å². The maximum absolute atomic E-state index is 15.6. The lowest BCUT2D eigenvalue weighted by Gasteiger charge is -2.34. The van der Waals surface area contributed by atoms with Gasteiger partial charge in [0.25, 0.3) is 5.91 Å². The van der Waals surface area contributed by atoms with Gasteiger partial charge in [0, 0.05) is 48.3 Å². The van der Waals surface area contributed by atoms with Crippen LogP contribution < -0.4 is 22.1 Å². The molecule has 0 bridgehead atoms. The number of rotatable bonds is 4.